The van der Waals surface area contributed by atoms with Crippen LogP contribution in [0.2, 0.25) is 0 Å². The van der Waals surface area contributed by atoms with E-state index < -0.39 is 5.97 Å². The van der Waals surface area contributed by atoms with E-state index in [0.717, 1.165) is 5.56 Å². The molecule has 20 heavy (non-hydrogen) atoms. The van der Waals surface area contributed by atoms with Crippen molar-refractivity contribution in [3.05, 3.63) is 47.5 Å². The molecule has 6 nitrogen and oxygen atoms in total. The molecule has 0 aliphatic carbocycles. The SMILES string of the molecule is COc1ccc(CNC(C)c2ccc(C(=O)O)o2)cn1. The first-order valence-corrected chi connectivity index (χ1v) is 6.15. The maximum atomic E-state index is 10.7. The molecule has 0 spiro atoms. The van der Waals surface area contributed by atoms with Crippen LogP contribution in [-0.4, -0.2) is 23.2 Å². The highest BCUT2D eigenvalue weighted by atomic mass is 16.5. The number of furan rings is 1. The van der Waals surface area contributed by atoms with Crippen molar-refractivity contribution in [3.63, 3.8) is 0 Å². The van der Waals surface area contributed by atoms with Crippen molar-refractivity contribution < 1.29 is 19.1 Å². The van der Waals surface area contributed by atoms with Gasteiger partial charge in [-0.25, -0.2) is 9.78 Å². The minimum absolute atomic E-state index is 0.0558. The Bertz CT molecular complexity index is 577. The Kier molecular flexibility index (Phi) is 4.37. The van der Waals surface area contributed by atoms with Gasteiger partial charge in [0.2, 0.25) is 11.6 Å². The number of hydrogen-bond donors (Lipinski definition) is 2. The fourth-order valence-electron chi connectivity index (χ4n) is 1.71. The highest BCUT2D eigenvalue weighted by molar-refractivity contribution is 5.84. The van der Waals surface area contributed by atoms with Gasteiger partial charge in [-0.05, 0) is 24.6 Å². The lowest BCUT2D eigenvalue weighted by Gasteiger charge is -2.11. The zero-order valence-electron chi connectivity index (χ0n) is 11.3. The molecule has 2 heterocycles. The lowest BCUT2D eigenvalue weighted by atomic mass is 10.2. The zero-order chi connectivity index (χ0) is 14.5. The smallest absolute Gasteiger partial charge is 0.371 e. The molecule has 0 fully saturated rings. The molecule has 2 rings (SSSR count). The van der Waals surface area contributed by atoms with Crippen molar-refractivity contribution in [2.24, 2.45) is 0 Å². The number of nitrogens with zero attached hydrogens (tertiary/aromatic N) is 1. The monoisotopic (exact) mass is 276 g/mol. The van der Waals surface area contributed by atoms with E-state index >= 15 is 0 Å². The maximum Gasteiger partial charge on any atom is 0.371 e. The molecular weight excluding hydrogens is 260 g/mol. The molecule has 0 aliphatic rings. The lowest BCUT2D eigenvalue weighted by molar-refractivity contribution is 0.0659. The molecule has 0 radical (unpaired) electrons. The summed E-state index contributed by atoms with van der Waals surface area (Å²) in [5.74, 6) is 0.0328. The van der Waals surface area contributed by atoms with Crippen molar-refractivity contribution in [2.45, 2.75) is 19.5 Å². The summed E-state index contributed by atoms with van der Waals surface area (Å²) in [6.07, 6.45) is 1.73. The molecule has 0 saturated carbocycles. The second-order valence-electron chi connectivity index (χ2n) is 4.32. The van der Waals surface area contributed by atoms with Crippen LogP contribution in [0.1, 0.15) is 34.8 Å². The van der Waals surface area contributed by atoms with Crippen molar-refractivity contribution in [1.29, 1.82) is 0 Å². The molecule has 2 aromatic heterocycles. The Labute approximate surface area is 116 Å². The van der Waals surface area contributed by atoms with Gasteiger partial charge < -0.3 is 19.6 Å². The summed E-state index contributed by atoms with van der Waals surface area (Å²) >= 11 is 0. The fraction of sp³-hybridized carbons (Fsp3) is 0.286. The molecule has 2 N–H and O–H groups in total. The van der Waals surface area contributed by atoms with Crippen molar-refractivity contribution in [2.75, 3.05) is 7.11 Å². The summed E-state index contributed by atoms with van der Waals surface area (Å²) in [5.41, 5.74) is 1.00. The van der Waals surface area contributed by atoms with Crippen LogP contribution < -0.4 is 10.1 Å². The van der Waals surface area contributed by atoms with Gasteiger partial charge in [-0.2, -0.15) is 0 Å². The number of ether oxygens (including phenoxy) is 1. The fourth-order valence-corrected chi connectivity index (χ4v) is 1.71. The first-order valence-electron chi connectivity index (χ1n) is 6.15. The van der Waals surface area contributed by atoms with Crippen LogP contribution in [0, 0.1) is 0 Å². The van der Waals surface area contributed by atoms with E-state index in [9.17, 15) is 4.79 Å². The first kappa shape index (κ1) is 14.1. The van der Waals surface area contributed by atoms with E-state index in [0.29, 0.717) is 18.2 Å². The largest absolute Gasteiger partial charge is 0.481 e. The van der Waals surface area contributed by atoms with Crippen LogP contribution in [0.15, 0.2) is 34.9 Å². The Morgan fingerprint density at radius 3 is 2.80 bits per heavy atom. The summed E-state index contributed by atoms with van der Waals surface area (Å²) in [6, 6.07) is 6.72. The number of carboxylic acids is 1. The quantitative estimate of drug-likeness (QED) is 0.841. The molecule has 1 unspecified atom stereocenters. The van der Waals surface area contributed by atoms with Gasteiger partial charge in [0.15, 0.2) is 0 Å². The number of carbonyl (C=O) groups is 1. The third-order valence-corrected chi connectivity index (χ3v) is 2.88. The number of aromatic nitrogens is 1. The van der Waals surface area contributed by atoms with Crippen LogP contribution in [0.4, 0.5) is 0 Å². The number of pyridine rings is 1. The summed E-state index contributed by atoms with van der Waals surface area (Å²) < 4.78 is 10.2. The van der Waals surface area contributed by atoms with Crippen molar-refractivity contribution in [3.8, 4) is 5.88 Å². The summed E-state index contributed by atoms with van der Waals surface area (Å²) in [6.45, 7) is 2.50. The van der Waals surface area contributed by atoms with E-state index in [1.165, 1.54) is 6.07 Å². The molecule has 2 aromatic rings. The summed E-state index contributed by atoms with van der Waals surface area (Å²) in [4.78, 5) is 14.9. The van der Waals surface area contributed by atoms with E-state index in [4.69, 9.17) is 14.3 Å². The Balaban J connectivity index is 1.93. The molecule has 0 amide bonds. The van der Waals surface area contributed by atoms with Gasteiger partial charge >= 0.3 is 5.97 Å². The molecule has 0 bridgehead atoms. The number of rotatable bonds is 6. The van der Waals surface area contributed by atoms with E-state index in [1.54, 1.807) is 25.4 Å². The Hall–Kier alpha value is -2.34. The second kappa shape index (κ2) is 6.21. The Morgan fingerprint density at radius 1 is 1.45 bits per heavy atom. The molecule has 0 aromatic carbocycles. The molecular formula is C14H16N2O4. The number of hydrogen-bond acceptors (Lipinski definition) is 5. The average Bonchev–Trinajstić information content (AvgIpc) is 2.95. The molecule has 0 saturated heterocycles. The third kappa shape index (κ3) is 3.36. The number of nitrogens with one attached hydrogen (secondary N) is 1. The van der Waals surface area contributed by atoms with E-state index in [2.05, 4.69) is 10.3 Å². The normalized spacial score (nSPS) is 12.1. The minimum Gasteiger partial charge on any atom is -0.481 e. The van der Waals surface area contributed by atoms with Crippen LogP contribution in [0.25, 0.3) is 0 Å². The van der Waals surface area contributed by atoms with Crippen LogP contribution >= 0.6 is 0 Å². The standard InChI is InChI=1S/C14H16N2O4/c1-9(11-4-5-12(20-11)14(17)18)15-7-10-3-6-13(19-2)16-8-10/h3-6,8-9,15H,7H2,1-2H3,(H,17,18). The molecule has 6 heteroatoms. The summed E-state index contributed by atoms with van der Waals surface area (Å²) in [7, 11) is 1.57. The van der Waals surface area contributed by atoms with Gasteiger partial charge in [-0.1, -0.05) is 6.07 Å². The molecule has 0 aliphatic heterocycles. The van der Waals surface area contributed by atoms with Crippen LogP contribution in [0.3, 0.4) is 0 Å². The molecule has 1 atom stereocenters. The predicted molar refractivity (Wildman–Crippen MR) is 71.7 cm³/mol. The lowest BCUT2D eigenvalue weighted by Crippen LogP contribution is -2.17. The number of aromatic carboxylic acids is 1. The van der Waals surface area contributed by atoms with Gasteiger partial charge in [0, 0.05) is 18.8 Å². The predicted octanol–water partition coefficient (Wildman–Crippen LogP) is 2.23. The second-order valence-corrected chi connectivity index (χ2v) is 4.32. The van der Waals surface area contributed by atoms with Crippen molar-refractivity contribution in [1.82, 2.24) is 10.3 Å². The highest BCUT2D eigenvalue weighted by Gasteiger charge is 2.13. The van der Waals surface area contributed by atoms with Gasteiger partial charge in [0.1, 0.15) is 5.76 Å². The van der Waals surface area contributed by atoms with E-state index in [-0.39, 0.29) is 11.8 Å². The van der Waals surface area contributed by atoms with E-state index in [1.807, 2.05) is 13.0 Å². The van der Waals surface area contributed by atoms with Gasteiger partial charge in [-0.15, -0.1) is 0 Å². The average molecular weight is 276 g/mol. The molecule has 106 valence electrons. The summed E-state index contributed by atoms with van der Waals surface area (Å²) in [5, 5.41) is 12.0. The maximum absolute atomic E-state index is 10.7. The van der Waals surface area contributed by atoms with Gasteiger partial charge in [0.25, 0.3) is 0 Å². The first-order chi connectivity index (χ1) is 9.60. The van der Waals surface area contributed by atoms with Crippen molar-refractivity contribution >= 4 is 5.97 Å². The number of methoxy groups -OCH3 is 1. The van der Waals surface area contributed by atoms with Crippen LogP contribution in [-0.2, 0) is 6.54 Å². The number of carboxylic acid groups (broad SMARTS) is 1. The Morgan fingerprint density at radius 2 is 2.25 bits per heavy atom. The topological polar surface area (TPSA) is 84.6 Å². The van der Waals surface area contributed by atoms with Gasteiger partial charge in [-0.3, -0.25) is 0 Å². The minimum atomic E-state index is -1.07. The van der Waals surface area contributed by atoms with Gasteiger partial charge in [0.05, 0.1) is 13.2 Å². The highest BCUT2D eigenvalue weighted by Crippen LogP contribution is 2.17. The third-order valence-electron chi connectivity index (χ3n) is 2.88. The van der Waals surface area contributed by atoms with Crippen LogP contribution in [0.5, 0.6) is 5.88 Å². The zero-order valence-corrected chi connectivity index (χ0v) is 11.3.